The van der Waals surface area contributed by atoms with E-state index in [0.29, 0.717) is 40.0 Å². The van der Waals surface area contributed by atoms with Gasteiger partial charge in [0.05, 0.1) is 32.5 Å². The quantitative estimate of drug-likeness (QED) is 0.0597. The highest BCUT2D eigenvalue weighted by Crippen LogP contribution is 2.31. The molecule has 0 heterocycles. The molecule has 0 spiro atoms. The van der Waals surface area contributed by atoms with Crippen molar-refractivity contribution < 1.29 is 23.7 Å². The number of carbonyl (C=O) groups is 1. The van der Waals surface area contributed by atoms with Crippen LogP contribution in [0.4, 0.5) is 0 Å². The average Bonchev–Trinajstić information content (AvgIpc) is 2.94. The second-order valence-corrected chi connectivity index (χ2v) is 8.74. The van der Waals surface area contributed by atoms with Gasteiger partial charge in [-0.1, -0.05) is 55.6 Å². The highest BCUT2D eigenvalue weighted by Gasteiger charge is 2.11. The van der Waals surface area contributed by atoms with Gasteiger partial charge in [0, 0.05) is 11.1 Å². The van der Waals surface area contributed by atoms with Crippen molar-refractivity contribution in [3.05, 3.63) is 88.5 Å². The number of unbranched alkanes of at least 4 members (excludes halogenated alkanes) is 2. The molecule has 6 nitrogen and oxygen atoms in total. The van der Waals surface area contributed by atoms with Crippen LogP contribution < -0.4 is 18.9 Å². The molecule has 0 amide bonds. The number of hydrogen-bond acceptors (Lipinski definition) is 6. The van der Waals surface area contributed by atoms with Crippen LogP contribution in [0.5, 0.6) is 23.0 Å². The summed E-state index contributed by atoms with van der Waals surface area (Å²) < 4.78 is 22.1. The molecular weight excluding hydrogens is 502 g/mol. The molecule has 0 fully saturated rings. The molecule has 0 saturated carbocycles. The number of esters is 1. The molecule has 38 heavy (non-hydrogen) atoms. The monoisotopic (exact) mass is 531 g/mol. The van der Waals surface area contributed by atoms with Crippen LogP contribution in [0.15, 0.2) is 66.7 Å². The molecule has 0 unspecified atom stereocenters. The van der Waals surface area contributed by atoms with E-state index < -0.39 is 5.97 Å². The topological polar surface area (TPSA) is 77.8 Å². The van der Waals surface area contributed by atoms with Crippen LogP contribution in [-0.4, -0.2) is 26.8 Å². The van der Waals surface area contributed by atoms with Crippen LogP contribution in [0.3, 0.4) is 0 Å². The van der Waals surface area contributed by atoms with E-state index in [1.807, 2.05) is 12.1 Å². The largest absolute Gasteiger partial charge is 0.493 e. The Kier molecular flexibility index (Phi) is 10.8. The van der Waals surface area contributed by atoms with Crippen molar-refractivity contribution in [2.75, 3.05) is 20.8 Å². The molecule has 7 heteroatoms. The van der Waals surface area contributed by atoms with Gasteiger partial charge in [-0.3, -0.25) is 0 Å². The van der Waals surface area contributed by atoms with Gasteiger partial charge in [-0.15, -0.1) is 0 Å². The van der Waals surface area contributed by atoms with Crippen LogP contribution in [-0.2, 0) is 4.79 Å². The molecule has 196 valence electrons. The summed E-state index contributed by atoms with van der Waals surface area (Å²) in [6, 6.07) is 19.7. The Balaban J connectivity index is 1.69. The Hall–Kier alpha value is -4.21. The lowest BCUT2D eigenvalue weighted by atomic mass is 10.0. The van der Waals surface area contributed by atoms with Crippen LogP contribution >= 0.6 is 11.6 Å². The van der Waals surface area contributed by atoms with Crippen molar-refractivity contribution in [1.82, 2.24) is 0 Å². The van der Waals surface area contributed by atoms with Crippen LogP contribution in [0.1, 0.15) is 42.9 Å². The van der Waals surface area contributed by atoms with E-state index in [4.69, 9.17) is 30.5 Å². The average molecular weight is 532 g/mol. The molecule has 0 atom stereocenters. The number of ether oxygens (including phenoxy) is 4. The molecule has 0 saturated heterocycles. The van der Waals surface area contributed by atoms with Gasteiger partial charge in [0.1, 0.15) is 0 Å². The van der Waals surface area contributed by atoms with Crippen molar-refractivity contribution in [3.8, 4) is 29.1 Å². The first kappa shape index (κ1) is 28.4. The fraction of sp³-hybridized carbons (Fsp3) is 0.226. The van der Waals surface area contributed by atoms with Crippen molar-refractivity contribution in [1.29, 1.82) is 5.26 Å². The Bertz CT molecular complexity index is 1340. The predicted octanol–water partition coefficient (Wildman–Crippen LogP) is 7.61. The third-order valence-corrected chi connectivity index (χ3v) is 5.84. The van der Waals surface area contributed by atoms with Crippen LogP contribution in [0.25, 0.3) is 17.7 Å². The molecule has 0 radical (unpaired) electrons. The van der Waals surface area contributed by atoms with Crippen molar-refractivity contribution in [2.45, 2.75) is 26.2 Å². The minimum atomic E-state index is -0.565. The van der Waals surface area contributed by atoms with E-state index in [9.17, 15) is 10.1 Å². The smallest absolute Gasteiger partial charge is 0.336 e. The number of carbonyl (C=O) groups excluding carboxylic acids is 1. The first-order chi connectivity index (χ1) is 18.5. The Morgan fingerprint density at radius 2 is 1.55 bits per heavy atom. The van der Waals surface area contributed by atoms with Gasteiger partial charge < -0.3 is 18.9 Å². The van der Waals surface area contributed by atoms with Gasteiger partial charge >= 0.3 is 5.97 Å². The third kappa shape index (κ3) is 8.16. The first-order valence-corrected chi connectivity index (χ1v) is 12.6. The molecule has 3 rings (SSSR count). The Morgan fingerprint density at radius 1 is 0.895 bits per heavy atom. The molecule has 0 aliphatic rings. The summed E-state index contributed by atoms with van der Waals surface area (Å²) in [5.41, 5.74) is 2.68. The lowest BCUT2D eigenvalue weighted by Crippen LogP contribution is -2.05. The Labute approximate surface area is 228 Å². The molecule has 0 N–H and O–H groups in total. The summed E-state index contributed by atoms with van der Waals surface area (Å²) in [7, 11) is 3.06. The predicted molar refractivity (Wildman–Crippen MR) is 151 cm³/mol. The first-order valence-electron chi connectivity index (χ1n) is 12.2. The standard InChI is InChI=1S/C31H30ClNO5/c1-4-5-6-17-37-27-14-7-22(19-29(27)35-2)9-16-31(34)38-28-15-8-23(20-30(28)36-3)18-25(21-33)24-10-12-26(32)13-11-24/h7-16,18-20H,4-6,17H2,1-3H3. The van der Waals surface area contributed by atoms with Gasteiger partial charge in [0.15, 0.2) is 23.0 Å². The summed E-state index contributed by atoms with van der Waals surface area (Å²) >= 11 is 5.94. The SMILES string of the molecule is CCCCCOc1ccc(C=CC(=O)Oc2ccc(C=C(C#N)c3ccc(Cl)cc3)cc2OC)cc1OC. The van der Waals surface area contributed by atoms with Gasteiger partial charge in [0.2, 0.25) is 0 Å². The minimum Gasteiger partial charge on any atom is -0.493 e. The molecule has 0 aromatic heterocycles. The normalized spacial score (nSPS) is 11.2. The number of benzene rings is 3. The number of halogens is 1. The fourth-order valence-corrected chi connectivity index (χ4v) is 3.71. The number of nitriles is 1. The zero-order chi connectivity index (χ0) is 27.3. The van der Waals surface area contributed by atoms with Crippen LogP contribution in [0, 0.1) is 11.3 Å². The van der Waals surface area contributed by atoms with E-state index in [-0.39, 0.29) is 5.75 Å². The van der Waals surface area contributed by atoms with Crippen molar-refractivity contribution >= 4 is 35.3 Å². The molecule has 0 aliphatic carbocycles. The summed E-state index contributed by atoms with van der Waals surface area (Å²) in [6.07, 6.45) is 7.91. The van der Waals surface area contributed by atoms with Gasteiger partial charge in [0.25, 0.3) is 0 Å². The maximum atomic E-state index is 12.5. The molecule has 0 aliphatic heterocycles. The second kappa shape index (κ2) is 14.5. The summed E-state index contributed by atoms with van der Waals surface area (Å²) in [5.74, 6) is 1.32. The molecule has 0 bridgehead atoms. The second-order valence-electron chi connectivity index (χ2n) is 8.31. The summed E-state index contributed by atoms with van der Waals surface area (Å²) in [6.45, 7) is 2.77. The number of allylic oxidation sites excluding steroid dienone is 1. The van der Waals surface area contributed by atoms with E-state index in [1.165, 1.54) is 13.2 Å². The van der Waals surface area contributed by atoms with Gasteiger partial charge in [-0.25, -0.2) is 4.79 Å². The number of nitrogens with zero attached hydrogens (tertiary/aromatic N) is 1. The van der Waals surface area contributed by atoms with Crippen molar-refractivity contribution in [3.63, 3.8) is 0 Å². The molecule has 3 aromatic carbocycles. The molecular formula is C31H30ClNO5. The van der Waals surface area contributed by atoms with E-state index >= 15 is 0 Å². The van der Waals surface area contributed by atoms with E-state index in [2.05, 4.69) is 13.0 Å². The third-order valence-electron chi connectivity index (χ3n) is 5.59. The van der Waals surface area contributed by atoms with Crippen LogP contribution in [0.2, 0.25) is 5.02 Å². The zero-order valence-electron chi connectivity index (χ0n) is 21.7. The Morgan fingerprint density at radius 3 is 2.24 bits per heavy atom. The van der Waals surface area contributed by atoms with Gasteiger partial charge in [-0.05, 0) is 71.7 Å². The highest BCUT2D eigenvalue weighted by molar-refractivity contribution is 6.30. The maximum Gasteiger partial charge on any atom is 0.336 e. The lowest BCUT2D eigenvalue weighted by Gasteiger charge is -2.11. The summed E-state index contributed by atoms with van der Waals surface area (Å²) in [4.78, 5) is 12.5. The molecule has 3 aromatic rings. The van der Waals surface area contributed by atoms with Gasteiger partial charge in [-0.2, -0.15) is 5.26 Å². The number of rotatable bonds is 12. The van der Waals surface area contributed by atoms with Crippen molar-refractivity contribution in [2.24, 2.45) is 0 Å². The highest BCUT2D eigenvalue weighted by atomic mass is 35.5. The van der Waals surface area contributed by atoms with E-state index in [1.54, 1.807) is 67.8 Å². The minimum absolute atomic E-state index is 0.262. The van der Waals surface area contributed by atoms with E-state index in [0.717, 1.165) is 30.4 Å². The zero-order valence-corrected chi connectivity index (χ0v) is 22.5. The number of hydrogen-bond donors (Lipinski definition) is 0. The summed E-state index contributed by atoms with van der Waals surface area (Å²) in [5, 5.41) is 10.2. The fourth-order valence-electron chi connectivity index (χ4n) is 3.58. The number of methoxy groups -OCH3 is 2. The maximum absolute atomic E-state index is 12.5. The lowest BCUT2D eigenvalue weighted by molar-refractivity contribution is -0.129.